The molecule has 0 bridgehead atoms. The Balaban J connectivity index is 2.19. The van der Waals surface area contributed by atoms with E-state index < -0.39 is 11.6 Å². The van der Waals surface area contributed by atoms with Crippen molar-refractivity contribution >= 4 is 27.7 Å². The van der Waals surface area contributed by atoms with Crippen molar-refractivity contribution in [1.29, 1.82) is 0 Å². The molecule has 106 valence electrons. The molecule has 2 rings (SSSR count). The number of thioether (sulfide) groups is 1. The van der Waals surface area contributed by atoms with Gasteiger partial charge in [-0.2, -0.15) is 11.8 Å². The number of nitrogens with one attached hydrogen (secondary N) is 1. The van der Waals surface area contributed by atoms with Crippen molar-refractivity contribution < 1.29 is 8.78 Å². The zero-order valence-electron chi connectivity index (χ0n) is 10.9. The predicted molar refractivity (Wildman–Crippen MR) is 80.5 cm³/mol. The zero-order valence-corrected chi connectivity index (χ0v) is 13.3. The van der Waals surface area contributed by atoms with E-state index in [0.717, 1.165) is 30.8 Å². The highest BCUT2D eigenvalue weighted by molar-refractivity contribution is 9.10. The fraction of sp³-hybridized carbons (Fsp3) is 0.571. The summed E-state index contributed by atoms with van der Waals surface area (Å²) in [5.41, 5.74) is 0.162. The number of halogens is 3. The predicted octanol–water partition coefficient (Wildman–Crippen LogP) is 4.52. The minimum absolute atomic E-state index is 0.162. The summed E-state index contributed by atoms with van der Waals surface area (Å²) in [6, 6.07) is 2.48. The van der Waals surface area contributed by atoms with Crippen molar-refractivity contribution in [2.45, 2.75) is 25.3 Å². The van der Waals surface area contributed by atoms with Crippen LogP contribution >= 0.6 is 27.7 Å². The molecule has 19 heavy (non-hydrogen) atoms. The number of hydrogen-bond acceptors (Lipinski definition) is 2. The SMILES string of the molecule is CNC(CC1CCSCC1)c1c(F)ccc(Br)c1F. The van der Waals surface area contributed by atoms with Crippen LogP contribution in [0.4, 0.5) is 8.78 Å². The Bertz CT molecular complexity index is 436. The van der Waals surface area contributed by atoms with Gasteiger partial charge in [0, 0.05) is 11.6 Å². The van der Waals surface area contributed by atoms with Crippen LogP contribution < -0.4 is 5.32 Å². The normalized spacial score (nSPS) is 18.5. The van der Waals surface area contributed by atoms with E-state index in [1.807, 2.05) is 11.8 Å². The van der Waals surface area contributed by atoms with Crippen LogP contribution in [0.3, 0.4) is 0 Å². The average Bonchev–Trinajstić information content (AvgIpc) is 2.43. The van der Waals surface area contributed by atoms with Crippen molar-refractivity contribution in [3.05, 3.63) is 33.8 Å². The molecule has 0 saturated carbocycles. The molecule has 0 radical (unpaired) electrons. The highest BCUT2D eigenvalue weighted by atomic mass is 79.9. The summed E-state index contributed by atoms with van der Waals surface area (Å²) in [5.74, 6) is 1.92. The molecule has 0 spiro atoms. The maximum absolute atomic E-state index is 14.1. The second kappa shape index (κ2) is 7.04. The largest absolute Gasteiger partial charge is 0.313 e. The van der Waals surface area contributed by atoms with Gasteiger partial charge < -0.3 is 5.32 Å². The maximum Gasteiger partial charge on any atom is 0.145 e. The summed E-state index contributed by atoms with van der Waals surface area (Å²) in [5, 5.41) is 3.07. The Hall–Kier alpha value is -0.130. The number of hydrogen-bond donors (Lipinski definition) is 1. The van der Waals surface area contributed by atoms with E-state index in [0.29, 0.717) is 10.4 Å². The van der Waals surface area contributed by atoms with Crippen LogP contribution in [0.15, 0.2) is 16.6 Å². The van der Waals surface area contributed by atoms with Crippen LogP contribution in [0.2, 0.25) is 0 Å². The smallest absolute Gasteiger partial charge is 0.145 e. The van der Waals surface area contributed by atoms with E-state index in [-0.39, 0.29) is 11.6 Å². The van der Waals surface area contributed by atoms with Gasteiger partial charge in [0.1, 0.15) is 11.6 Å². The van der Waals surface area contributed by atoms with E-state index in [1.54, 1.807) is 7.05 Å². The van der Waals surface area contributed by atoms with Gasteiger partial charge in [-0.25, -0.2) is 8.78 Å². The van der Waals surface area contributed by atoms with Crippen molar-refractivity contribution in [2.75, 3.05) is 18.6 Å². The van der Waals surface area contributed by atoms with Gasteiger partial charge in [0.15, 0.2) is 0 Å². The highest BCUT2D eigenvalue weighted by Gasteiger charge is 2.25. The lowest BCUT2D eigenvalue weighted by atomic mass is 9.90. The van der Waals surface area contributed by atoms with Crippen LogP contribution in [-0.2, 0) is 0 Å². The van der Waals surface area contributed by atoms with Gasteiger partial charge in [0.2, 0.25) is 0 Å². The molecule has 1 aliphatic heterocycles. The summed E-state index contributed by atoms with van der Waals surface area (Å²) >= 11 is 5.09. The van der Waals surface area contributed by atoms with E-state index in [9.17, 15) is 8.78 Å². The molecular weight excluding hydrogens is 332 g/mol. The molecule has 1 unspecified atom stereocenters. The first-order valence-electron chi connectivity index (χ1n) is 6.52. The minimum Gasteiger partial charge on any atom is -0.313 e. The average molecular weight is 350 g/mol. The third kappa shape index (κ3) is 3.70. The lowest BCUT2D eigenvalue weighted by Crippen LogP contribution is -2.24. The third-order valence-corrected chi connectivity index (χ3v) is 5.35. The Morgan fingerprint density at radius 2 is 2.05 bits per heavy atom. The molecule has 5 heteroatoms. The highest BCUT2D eigenvalue weighted by Crippen LogP contribution is 2.34. The fourth-order valence-corrected chi connectivity index (χ4v) is 4.11. The number of rotatable bonds is 4. The monoisotopic (exact) mass is 349 g/mol. The molecule has 1 atom stereocenters. The van der Waals surface area contributed by atoms with E-state index >= 15 is 0 Å². The first-order valence-corrected chi connectivity index (χ1v) is 8.46. The second-order valence-electron chi connectivity index (χ2n) is 4.89. The van der Waals surface area contributed by atoms with Gasteiger partial charge in [-0.1, -0.05) is 0 Å². The molecule has 1 heterocycles. The van der Waals surface area contributed by atoms with Gasteiger partial charge in [-0.3, -0.25) is 0 Å². The van der Waals surface area contributed by atoms with Crippen LogP contribution in [0.25, 0.3) is 0 Å². The molecule has 1 aromatic rings. The third-order valence-electron chi connectivity index (χ3n) is 3.69. The Labute approximate surface area is 125 Å². The van der Waals surface area contributed by atoms with Crippen LogP contribution in [0.1, 0.15) is 30.9 Å². The molecule has 0 aromatic heterocycles. The number of benzene rings is 1. The van der Waals surface area contributed by atoms with Crippen molar-refractivity contribution in [2.24, 2.45) is 5.92 Å². The molecular formula is C14H18BrF2NS. The second-order valence-corrected chi connectivity index (χ2v) is 6.97. The van der Waals surface area contributed by atoms with Crippen molar-refractivity contribution in [3.8, 4) is 0 Å². The zero-order chi connectivity index (χ0) is 13.8. The molecule has 0 amide bonds. The van der Waals surface area contributed by atoms with Crippen LogP contribution in [0, 0.1) is 17.6 Å². The van der Waals surface area contributed by atoms with Crippen molar-refractivity contribution in [3.63, 3.8) is 0 Å². The molecule has 1 aromatic carbocycles. The molecule has 1 fully saturated rings. The molecule has 0 aliphatic carbocycles. The summed E-state index contributed by atoms with van der Waals surface area (Å²) in [6.45, 7) is 0. The first-order chi connectivity index (χ1) is 9.13. The lowest BCUT2D eigenvalue weighted by molar-refractivity contribution is 0.367. The van der Waals surface area contributed by atoms with Gasteiger partial charge >= 0.3 is 0 Å². The van der Waals surface area contributed by atoms with E-state index in [2.05, 4.69) is 21.2 Å². The van der Waals surface area contributed by atoms with Gasteiger partial charge in [0.05, 0.1) is 4.47 Å². The molecule has 1 aliphatic rings. The van der Waals surface area contributed by atoms with Gasteiger partial charge in [-0.15, -0.1) is 0 Å². The molecule has 1 saturated heterocycles. The Kier molecular flexibility index (Phi) is 5.66. The standard InChI is InChI=1S/C14H18BrF2NS/c1-18-12(8-9-4-6-19-7-5-9)13-11(16)3-2-10(15)14(13)17/h2-3,9,12,18H,4-8H2,1H3. The fourth-order valence-electron chi connectivity index (χ4n) is 2.56. The summed E-state index contributed by atoms with van der Waals surface area (Å²) in [6.07, 6.45) is 3.07. The van der Waals surface area contributed by atoms with Gasteiger partial charge in [-0.05, 0) is 71.8 Å². The maximum atomic E-state index is 14.1. The Morgan fingerprint density at radius 3 is 2.68 bits per heavy atom. The minimum atomic E-state index is -0.482. The first kappa shape index (κ1) is 15.3. The summed E-state index contributed by atoms with van der Waals surface area (Å²) in [4.78, 5) is 0. The lowest BCUT2D eigenvalue weighted by Gasteiger charge is -2.27. The van der Waals surface area contributed by atoms with Gasteiger partial charge in [0.25, 0.3) is 0 Å². The molecule has 1 N–H and O–H groups in total. The molecule has 1 nitrogen and oxygen atoms in total. The summed E-state index contributed by atoms with van der Waals surface area (Å²) in [7, 11) is 1.77. The van der Waals surface area contributed by atoms with Crippen LogP contribution in [-0.4, -0.2) is 18.6 Å². The Morgan fingerprint density at radius 1 is 1.37 bits per heavy atom. The topological polar surface area (TPSA) is 12.0 Å². The summed E-state index contributed by atoms with van der Waals surface area (Å²) < 4.78 is 28.4. The van der Waals surface area contributed by atoms with E-state index in [1.165, 1.54) is 12.1 Å². The van der Waals surface area contributed by atoms with Crippen molar-refractivity contribution in [1.82, 2.24) is 5.32 Å². The quantitative estimate of drug-likeness (QED) is 0.802. The van der Waals surface area contributed by atoms with E-state index in [4.69, 9.17) is 0 Å². The van der Waals surface area contributed by atoms with Crippen LogP contribution in [0.5, 0.6) is 0 Å².